The highest BCUT2D eigenvalue weighted by Crippen LogP contribution is 2.22. The zero-order valence-corrected chi connectivity index (χ0v) is 13.2. The van der Waals surface area contributed by atoms with Crippen molar-refractivity contribution in [1.29, 1.82) is 0 Å². The van der Waals surface area contributed by atoms with Crippen molar-refractivity contribution in [3.05, 3.63) is 41.1 Å². The van der Waals surface area contributed by atoms with Crippen molar-refractivity contribution >= 4 is 16.8 Å². The van der Waals surface area contributed by atoms with Crippen LogP contribution in [-0.4, -0.2) is 17.4 Å². The molecule has 0 spiro atoms. The highest BCUT2D eigenvalue weighted by atomic mass is 16.1. The molecule has 0 aliphatic heterocycles. The number of pyridine rings is 1. The fourth-order valence-electron chi connectivity index (χ4n) is 2.66. The largest absolute Gasteiger partial charge is 0.356 e. The number of unbranched alkanes of at least 4 members (excludes halogenated alkanes) is 2. The maximum absolute atomic E-state index is 12.1. The molecule has 0 radical (unpaired) electrons. The molecule has 21 heavy (non-hydrogen) atoms. The van der Waals surface area contributed by atoms with Crippen LogP contribution < -0.4 is 5.32 Å². The summed E-state index contributed by atoms with van der Waals surface area (Å²) in [5.41, 5.74) is 4.18. The van der Waals surface area contributed by atoms with Crippen molar-refractivity contribution in [2.24, 2.45) is 0 Å². The lowest BCUT2D eigenvalue weighted by molar-refractivity contribution is -0.120. The van der Waals surface area contributed by atoms with Crippen LogP contribution in [0.5, 0.6) is 0 Å². The number of nitrogens with one attached hydrogen (secondary N) is 1. The number of fused-ring (bicyclic) bond motifs is 1. The second kappa shape index (κ2) is 7.21. The van der Waals surface area contributed by atoms with Crippen molar-refractivity contribution in [3.63, 3.8) is 0 Å². The van der Waals surface area contributed by atoms with Crippen LogP contribution in [0.3, 0.4) is 0 Å². The Labute approximate surface area is 126 Å². The average Bonchev–Trinajstić information content (AvgIpc) is 2.48. The first-order valence-electron chi connectivity index (χ1n) is 7.75. The minimum Gasteiger partial charge on any atom is -0.356 e. The Bertz CT molecular complexity index is 634. The molecule has 0 aliphatic carbocycles. The SMILES string of the molecule is CCCCCNC(=O)Cc1c(C)nc2ccccc2c1C. The monoisotopic (exact) mass is 284 g/mol. The predicted molar refractivity (Wildman–Crippen MR) is 87.5 cm³/mol. The van der Waals surface area contributed by atoms with E-state index in [2.05, 4.69) is 30.2 Å². The summed E-state index contributed by atoms with van der Waals surface area (Å²) < 4.78 is 0. The van der Waals surface area contributed by atoms with Crippen molar-refractivity contribution in [2.45, 2.75) is 46.5 Å². The van der Waals surface area contributed by atoms with Crippen molar-refractivity contribution in [1.82, 2.24) is 10.3 Å². The molecule has 112 valence electrons. The van der Waals surface area contributed by atoms with Crippen LogP contribution in [0.15, 0.2) is 24.3 Å². The maximum atomic E-state index is 12.1. The van der Waals surface area contributed by atoms with Crippen molar-refractivity contribution in [2.75, 3.05) is 6.54 Å². The highest BCUT2D eigenvalue weighted by molar-refractivity contribution is 5.86. The van der Waals surface area contributed by atoms with Gasteiger partial charge in [0.25, 0.3) is 0 Å². The molecule has 2 rings (SSSR count). The van der Waals surface area contributed by atoms with Crippen LogP contribution in [0.1, 0.15) is 43.0 Å². The Morgan fingerprint density at radius 2 is 1.95 bits per heavy atom. The first-order valence-corrected chi connectivity index (χ1v) is 7.75. The summed E-state index contributed by atoms with van der Waals surface area (Å²) in [5.74, 6) is 0.0920. The summed E-state index contributed by atoms with van der Waals surface area (Å²) in [5, 5.41) is 4.14. The molecule has 0 unspecified atom stereocenters. The Morgan fingerprint density at radius 1 is 1.19 bits per heavy atom. The standard InChI is InChI=1S/C18H24N2O/c1-4-5-8-11-19-18(21)12-16-13(2)15-9-6-7-10-17(15)20-14(16)3/h6-7,9-10H,4-5,8,11-12H2,1-3H3,(H,19,21). The van der Waals surface area contributed by atoms with E-state index < -0.39 is 0 Å². The summed E-state index contributed by atoms with van der Waals surface area (Å²) in [4.78, 5) is 16.7. The lowest BCUT2D eigenvalue weighted by Crippen LogP contribution is -2.26. The minimum absolute atomic E-state index is 0.0920. The van der Waals surface area contributed by atoms with Crippen LogP contribution in [0.2, 0.25) is 0 Å². The molecular weight excluding hydrogens is 260 g/mol. The number of benzene rings is 1. The van der Waals surface area contributed by atoms with Gasteiger partial charge in [0, 0.05) is 17.6 Å². The fraction of sp³-hybridized carbons (Fsp3) is 0.444. The van der Waals surface area contributed by atoms with Gasteiger partial charge in [-0.2, -0.15) is 0 Å². The van der Waals surface area contributed by atoms with Gasteiger partial charge in [-0.15, -0.1) is 0 Å². The third-order valence-electron chi connectivity index (χ3n) is 3.93. The van der Waals surface area contributed by atoms with Gasteiger partial charge in [0.05, 0.1) is 11.9 Å². The van der Waals surface area contributed by atoms with E-state index in [-0.39, 0.29) is 5.91 Å². The van der Waals surface area contributed by atoms with Crippen molar-refractivity contribution < 1.29 is 4.79 Å². The van der Waals surface area contributed by atoms with E-state index in [1.54, 1.807) is 0 Å². The first-order chi connectivity index (χ1) is 10.1. The van der Waals surface area contributed by atoms with E-state index in [1.807, 2.05) is 25.1 Å². The van der Waals surface area contributed by atoms with Crippen LogP contribution >= 0.6 is 0 Å². The molecule has 0 saturated carbocycles. The lowest BCUT2D eigenvalue weighted by Gasteiger charge is -2.12. The number of para-hydroxylation sites is 1. The third kappa shape index (κ3) is 3.81. The molecule has 1 N–H and O–H groups in total. The second-order valence-electron chi connectivity index (χ2n) is 5.55. The third-order valence-corrected chi connectivity index (χ3v) is 3.93. The van der Waals surface area contributed by atoms with E-state index in [0.29, 0.717) is 6.42 Å². The Hall–Kier alpha value is -1.90. The van der Waals surface area contributed by atoms with Crippen LogP contribution in [0.4, 0.5) is 0 Å². The average molecular weight is 284 g/mol. The summed E-state index contributed by atoms with van der Waals surface area (Å²) in [6, 6.07) is 8.10. The van der Waals surface area contributed by atoms with E-state index in [4.69, 9.17) is 0 Å². The van der Waals surface area contributed by atoms with Gasteiger partial charge in [-0.05, 0) is 37.5 Å². The summed E-state index contributed by atoms with van der Waals surface area (Å²) >= 11 is 0. The molecule has 0 bridgehead atoms. The number of aromatic nitrogens is 1. The number of hydrogen-bond donors (Lipinski definition) is 1. The Morgan fingerprint density at radius 3 is 2.71 bits per heavy atom. The highest BCUT2D eigenvalue weighted by Gasteiger charge is 2.12. The van der Waals surface area contributed by atoms with Crippen molar-refractivity contribution in [3.8, 4) is 0 Å². The number of amides is 1. The van der Waals surface area contributed by atoms with Gasteiger partial charge < -0.3 is 5.32 Å². The lowest BCUT2D eigenvalue weighted by atomic mass is 9.99. The van der Waals surface area contributed by atoms with Gasteiger partial charge in [0.1, 0.15) is 0 Å². The molecule has 1 heterocycles. The summed E-state index contributed by atoms with van der Waals surface area (Å²) in [7, 11) is 0. The molecule has 0 fully saturated rings. The van der Waals surface area contributed by atoms with Gasteiger partial charge >= 0.3 is 0 Å². The zero-order chi connectivity index (χ0) is 15.2. The van der Waals surface area contributed by atoms with Gasteiger partial charge in [-0.1, -0.05) is 38.0 Å². The molecule has 3 nitrogen and oxygen atoms in total. The molecular formula is C18H24N2O. The number of aryl methyl sites for hydroxylation is 2. The predicted octanol–water partition coefficient (Wildman–Crippen LogP) is 3.70. The minimum atomic E-state index is 0.0920. The summed E-state index contributed by atoms with van der Waals surface area (Å²) in [6.45, 7) is 7.00. The van der Waals surface area contributed by atoms with Crippen LogP contribution in [0, 0.1) is 13.8 Å². The number of carbonyl (C=O) groups is 1. The number of nitrogens with zero attached hydrogens (tertiary/aromatic N) is 1. The molecule has 0 atom stereocenters. The van der Waals surface area contributed by atoms with Gasteiger partial charge in [0.15, 0.2) is 0 Å². The summed E-state index contributed by atoms with van der Waals surface area (Å²) in [6.07, 6.45) is 3.80. The van der Waals surface area contributed by atoms with Crippen LogP contribution in [0.25, 0.3) is 10.9 Å². The van der Waals surface area contributed by atoms with Gasteiger partial charge in [0.2, 0.25) is 5.91 Å². The van der Waals surface area contributed by atoms with E-state index >= 15 is 0 Å². The quantitative estimate of drug-likeness (QED) is 0.822. The fourth-order valence-corrected chi connectivity index (χ4v) is 2.66. The number of hydrogen-bond acceptors (Lipinski definition) is 2. The number of carbonyl (C=O) groups excluding carboxylic acids is 1. The molecule has 2 aromatic rings. The molecule has 3 heteroatoms. The topological polar surface area (TPSA) is 42.0 Å². The molecule has 0 aliphatic rings. The smallest absolute Gasteiger partial charge is 0.224 e. The zero-order valence-electron chi connectivity index (χ0n) is 13.2. The molecule has 1 aromatic heterocycles. The van der Waals surface area contributed by atoms with Gasteiger partial charge in [-0.3, -0.25) is 9.78 Å². The van der Waals surface area contributed by atoms with E-state index in [0.717, 1.165) is 41.5 Å². The Balaban J connectivity index is 2.13. The molecule has 1 amide bonds. The van der Waals surface area contributed by atoms with Gasteiger partial charge in [-0.25, -0.2) is 0 Å². The normalized spacial score (nSPS) is 10.8. The molecule has 1 aromatic carbocycles. The first kappa shape index (κ1) is 15.5. The second-order valence-corrected chi connectivity index (χ2v) is 5.55. The van der Waals surface area contributed by atoms with E-state index in [1.165, 1.54) is 12.0 Å². The Kier molecular flexibility index (Phi) is 5.32. The van der Waals surface area contributed by atoms with E-state index in [9.17, 15) is 4.79 Å². The maximum Gasteiger partial charge on any atom is 0.224 e. The molecule has 0 saturated heterocycles. The number of rotatable bonds is 6. The van der Waals surface area contributed by atoms with Crippen LogP contribution in [-0.2, 0) is 11.2 Å².